The number of hydrogen-bond donors (Lipinski definition) is 5. The number of hydrogen-bond acceptors (Lipinski definition) is 8. The zero-order valence-electron chi connectivity index (χ0n) is 18.3. The van der Waals surface area contributed by atoms with E-state index in [0.717, 1.165) is 48.3 Å². The Balaban J connectivity index is 1.36. The van der Waals surface area contributed by atoms with E-state index in [1.165, 1.54) is 0 Å². The summed E-state index contributed by atoms with van der Waals surface area (Å²) in [7, 11) is 0. The third-order valence-electron chi connectivity index (χ3n) is 6.31. The molecule has 33 heavy (non-hydrogen) atoms. The van der Waals surface area contributed by atoms with E-state index in [4.69, 9.17) is 9.47 Å². The number of para-hydroxylation sites is 2. The normalized spacial score (nSPS) is 26.0. The molecule has 2 saturated heterocycles. The van der Waals surface area contributed by atoms with Crippen LogP contribution in [0.1, 0.15) is 24.6 Å². The molecule has 0 amide bonds. The van der Waals surface area contributed by atoms with Gasteiger partial charge in [-0.15, -0.1) is 0 Å². The highest BCUT2D eigenvalue weighted by Crippen LogP contribution is 2.35. The Bertz CT molecular complexity index is 1080. The first-order chi connectivity index (χ1) is 16.1. The number of fused-ring (bicyclic) bond motifs is 1. The topological polar surface area (TPSA) is 121 Å². The number of rotatable bonds is 7. The quantitative estimate of drug-likeness (QED) is 0.363. The molecule has 4 atom stereocenters. The van der Waals surface area contributed by atoms with E-state index in [-0.39, 0.29) is 12.7 Å². The van der Waals surface area contributed by atoms with Gasteiger partial charge < -0.3 is 35.4 Å². The zero-order chi connectivity index (χ0) is 22.8. The number of imidazole rings is 1. The minimum Gasteiger partial charge on any atom is -0.490 e. The van der Waals surface area contributed by atoms with Gasteiger partial charge in [-0.05, 0) is 55.8 Å². The fourth-order valence-corrected chi connectivity index (χ4v) is 4.54. The van der Waals surface area contributed by atoms with E-state index in [1.54, 1.807) is 4.57 Å². The third kappa shape index (κ3) is 4.55. The van der Waals surface area contributed by atoms with Gasteiger partial charge in [-0.2, -0.15) is 0 Å². The molecule has 0 unspecified atom stereocenters. The Morgan fingerprint density at radius 2 is 1.91 bits per heavy atom. The summed E-state index contributed by atoms with van der Waals surface area (Å²) in [5.74, 6) is 1.36. The van der Waals surface area contributed by atoms with Gasteiger partial charge in [-0.3, -0.25) is 4.57 Å². The summed E-state index contributed by atoms with van der Waals surface area (Å²) >= 11 is 0. The molecule has 2 aliphatic heterocycles. The predicted octanol–water partition coefficient (Wildman–Crippen LogP) is 1.39. The van der Waals surface area contributed by atoms with Crippen molar-refractivity contribution in [2.75, 3.05) is 25.0 Å². The van der Waals surface area contributed by atoms with Gasteiger partial charge >= 0.3 is 0 Å². The predicted molar refractivity (Wildman–Crippen MR) is 123 cm³/mol. The minimum absolute atomic E-state index is 0.227. The molecule has 2 aromatic carbocycles. The summed E-state index contributed by atoms with van der Waals surface area (Å²) in [6.45, 7) is 2.06. The summed E-state index contributed by atoms with van der Waals surface area (Å²) in [5.41, 5.74) is 2.53. The molecule has 0 aliphatic carbocycles. The Morgan fingerprint density at radius 1 is 1.09 bits per heavy atom. The molecule has 3 heterocycles. The summed E-state index contributed by atoms with van der Waals surface area (Å²) in [6.07, 6.45) is -1.89. The molecule has 9 heteroatoms. The average molecular weight is 455 g/mol. The first kappa shape index (κ1) is 22.1. The zero-order valence-corrected chi connectivity index (χ0v) is 18.3. The number of anilines is 1. The van der Waals surface area contributed by atoms with Crippen LogP contribution in [0.25, 0.3) is 11.0 Å². The van der Waals surface area contributed by atoms with E-state index in [2.05, 4.69) is 15.6 Å². The van der Waals surface area contributed by atoms with Crippen LogP contribution < -0.4 is 15.4 Å². The van der Waals surface area contributed by atoms with Crippen molar-refractivity contribution in [1.82, 2.24) is 14.9 Å². The molecule has 5 N–H and O–H groups in total. The summed E-state index contributed by atoms with van der Waals surface area (Å²) in [5, 5.41) is 37.1. The van der Waals surface area contributed by atoms with E-state index < -0.39 is 24.5 Å². The maximum absolute atomic E-state index is 10.6. The molecule has 5 rings (SSSR count). The Kier molecular flexibility index (Phi) is 6.48. The summed E-state index contributed by atoms with van der Waals surface area (Å²) in [6, 6.07) is 15.5. The van der Waals surface area contributed by atoms with Crippen molar-refractivity contribution in [1.29, 1.82) is 0 Å². The number of aliphatic hydroxyl groups excluding tert-OH is 3. The smallest absolute Gasteiger partial charge is 0.206 e. The molecule has 3 aromatic rings. The van der Waals surface area contributed by atoms with Gasteiger partial charge in [0.1, 0.15) is 30.2 Å². The highest BCUT2D eigenvalue weighted by atomic mass is 16.6. The van der Waals surface area contributed by atoms with Gasteiger partial charge in [-0.1, -0.05) is 24.3 Å². The van der Waals surface area contributed by atoms with E-state index in [0.29, 0.717) is 12.5 Å². The monoisotopic (exact) mass is 454 g/mol. The van der Waals surface area contributed by atoms with Gasteiger partial charge in [0.05, 0.1) is 17.6 Å². The molecular formula is C24H30N4O5. The lowest BCUT2D eigenvalue weighted by molar-refractivity contribution is -0.0499. The highest BCUT2D eigenvalue weighted by molar-refractivity contribution is 5.78. The van der Waals surface area contributed by atoms with Gasteiger partial charge in [-0.25, -0.2) is 4.98 Å². The Morgan fingerprint density at radius 3 is 2.70 bits per heavy atom. The molecule has 0 spiro atoms. The SMILES string of the molecule is OC[C@H]1O[C@@H](n2c(NCc3cccc(OC4CCNCC4)c3)nc3ccccc32)[C@H](O)[C@@H]1O. The van der Waals surface area contributed by atoms with Crippen LogP contribution in [-0.4, -0.2) is 69.0 Å². The van der Waals surface area contributed by atoms with Crippen molar-refractivity contribution in [3.8, 4) is 5.75 Å². The molecular weight excluding hydrogens is 424 g/mol. The molecule has 9 nitrogen and oxygen atoms in total. The van der Waals surface area contributed by atoms with Crippen LogP contribution in [0.5, 0.6) is 5.75 Å². The first-order valence-corrected chi connectivity index (χ1v) is 11.4. The lowest BCUT2D eigenvalue weighted by Gasteiger charge is -2.24. The van der Waals surface area contributed by atoms with Crippen molar-refractivity contribution >= 4 is 17.0 Å². The van der Waals surface area contributed by atoms with Crippen LogP contribution in [0.15, 0.2) is 48.5 Å². The van der Waals surface area contributed by atoms with Gasteiger partial charge in [0, 0.05) is 6.54 Å². The molecule has 2 fully saturated rings. The Hall–Kier alpha value is -2.69. The Labute approximate surface area is 192 Å². The van der Waals surface area contributed by atoms with Crippen molar-refractivity contribution in [2.45, 2.75) is 50.0 Å². The van der Waals surface area contributed by atoms with Crippen molar-refractivity contribution in [3.63, 3.8) is 0 Å². The number of piperidine rings is 1. The van der Waals surface area contributed by atoms with E-state index >= 15 is 0 Å². The number of benzene rings is 2. The fourth-order valence-electron chi connectivity index (χ4n) is 4.54. The number of aliphatic hydroxyl groups is 3. The maximum atomic E-state index is 10.6. The van der Waals surface area contributed by atoms with Gasteiger partial charge in [0.2, 0.25) is 5.95 Å². The third-order valence-corrected chi connectivity index (χ3v) is 6.31. The number of nitrogens with zero attached hydrogens (tertiary/aromatic N) is 2. The van der Waals surface area contributed by atoms with Crippen LogP contribution in [0.2, 0.25) is 0 Å². The largest absolute Gasteiger partial charge is 0.490 e. The van der Waals surface area contributed by atoms with Crippen LogP contribution in [0.4, 0.5) is 5.95 Å². The van der Waals surface area contributed by atoms with Crippen molar-refractivity contribution in [3.05, 3.63) is 54.1 Å². The number of nitrogens with one attached hydrogen (secondary N) is 2. The van der Waals surface area contributed by atoms with E-state index in [9.17, 15) is 15.3 Å². The lowest BCUT2D eigenvalue weighted by atomic mass is 10.1. The molecule has 2 aliphatic rings. The first-order valence-electron chi connectivity index (χ1n) is 11.4. The van der Waals surface area contributed by atoms with E-state index in [1.807, 2.05) is 48.5 Å². The average Bonchev–Trinajstić information content (AvgIpc) is 3.35. The molecule has 0 radical (unpaired) electrons. The van der Waals surface area contributed by atoms with Crippen LogP contribution in [-0.2, 0) is 11.3 Å². The molecule has 0 bridgehead atoms. The van der Waals surface area contributed by atoms with Crippen LogP contribution in [0, 0.1) is 0 Å². The van der Waals surface area contributed by atoms with Crippen LogP contribution in [0.3, 0.4) is 0 Å². The lowest BCUT2D eigenvalue weighted by Crippen LogP contribution is -2.34. The second kappa shape index (κ2) is 9.66. The van der Waals surface area contributed by atoms with Crippen molar-refractivity contribution < 1.29 is 24.8 Å². The number of ether oxygens (including phenoxy) is 2. The highest BCUT2D eigenvalue weighted by Gasteiger charge is 2.44. The summed E-state index contributed by atoms with van der Waals surface area (Å²) in [4.78, 5) is 4.68. The van der Waals surface area contributed by atoms with Crippen LogP contribution >= 0.6 is 0 Å². The molecule has 176 valence electrons. The second-order valence-corrected chi connectivity index (χ2v) is 8.59. The molecule has 1 aromatic heterocycles. The fraction of sp³-hybridized carbons (Fsp3) is 0.458. The standard InChI is InChI=1S/C24H30N4O5/c29-14-20-21(30)22(31)23(33-20)28-19-7-2-1-6-18(19)27-24(28)26-13-15-4-3-5-17(12-15)32-16-8-10-25-11-9-16/h1-7,12,16,20-23,25,29-31H,8-11,13-14H2,(H,26,27)/t20-,21-,22-,23-/m1/s1. The second-order valence-electron chi connectivity index (χ2n) is 8.59. The minimum atomic E-state index is -1.19. The van der Waals surface area contributed by atoms with Gasteiger partial charge in [0.15, 0.2) is 6.23 Å². The number of aromatic nitrogens is 2. The summed E-state index contributed by atoms with van der Waals surface area (Å²) < 4.78 is 13.7. The maximum Gasteiger partial charge on any atom is 0.206 e. The van der Waals surface area contributed by atoms with Crippen molar-refractivity contribution in [2.24, 2.45) is 0 Å². The molecule has 0 saturated carbocycles. The van der Waals surface area contributed by atoms with Gasteiger partial charge in [0.25, 0.3) is 0 Å².